The zero-order valence-corrected chi connectivity index (χ0v) is 19.5. The molecule has 3 aromatic rings. The van der Waals surface area contributed by atoms with E-state index in [0.29, 0.717) is 36.6 Å². The predicted molar refractivity (Wildman–Crippen MR) is 128 cm³/mol. The van der Waals surface area contributed by atoms with Gasteiger partial charge in [0.05, 0.1) is 24.4 Å². The molecule has 4 rings (SSSR count). The summed E-state index contributed by atoms with van der Waals surface area (Å²) in [5.41, 5.74) is 9.77. The smallest absolute Gasteiger partial charge is 0.242 e. The van der Waals surface area contributed by atoms with Gasteiger partial charge >= 0.3 is 0 Å². The van der Waals surface area contributed by atoms with Gasteiger partial charge in [0.2, 0.25) is 11.8 Å². The Bertz CT molecular complexity index is 1090. The quantitative estimate of drug-likeness (QED) is 0.631. The molecule has 1 aliphatic rings. The summed E-state index contributed by atoms with van der Waals surface area (Å²) in [4.78, 5) is 27.0. The largest absolute Gasteiger partial charge is 0.473 e. The maximum Gasteiger partial charge on any atom is 0.242 e. The number of carbonyl (C=O) groups excluding carboxylic acids is 1. The third-order valence-electron chi connectivity index (χ3n) is 5.34. The van der Waals surface area contributed by atoms with Crippen LogP contribution in [0.5, 0.6) is 5.88 Å². The molecular formula is C23H29N5O3S. The number of ether oxygens (including phenoxy) is 2. The van der Waals surface area contributed by atoms with Gasteiger partial charge < -0.3 is 20.1 Å². The van der Waals surface area contributed by atoms with Crippen molar-refractivity contribution in [2.24, 2.45) is 5.73 Å². The fraction of sp³-hybridized carbons (Fsp3) is 0.391. The molecule has 2 aromatic heterocycles. The SMILES string of the molecule is CC(=O)N1CCO[C@H](COc2nc(-c3ccc(C(C)(C)N)cc3)cc3nccnc23)C1.S. The first kappa shape index (κ1) is 23.9. The van der Waals surface area contributed by atoms with Crippen molar-refractivity contribution in [2.75, 3.05) is 26.3 Å². The maximum atomic E-state index is 11.7. The number of hydrogen-bond acceptors (Lipinski definition) is 7. The zero-order valence-electron chi connectivity index (χ0n) is 18.5. The molecule has 9 heteroatoms. The molecule has 0 bridgehead atoms. The number of nitrogens with two attached hydrogens (primary N) is 1. The Morgan fingerprint density at radius 3 is 2.66 bits per heavy atom. The minimum Gasteiger partial charge on any atom is -0.473 e. The summed E-state index contributed by atoms with van der Waals surface area (Å²) in [5.74, 6) is 0.432. The molecule has 1 aliphatic heterocycles. The summed E-state index contributed by atoms with van der Waals surface area (Å²) in [7, 11) is 0. The molecule has 8 nitrogen and oxygen atoms in total. The fourth-order valence-electron chi connectivity index (χ4n) is 3.54. The van der Waals surface area contributed by atoms with Gasteiger partial charge in [-0.3, -0.25) is 9.78 Å². The molecule has 1 aromatic carbocycles. The van der Waals surface area contributed by atoms with Gasteiger partial charge in [0.1, 0.15) is 12.7 Å². The maximum absolute atomic E-state index is 11.7. The lowest BCUT2D eigenvalue weighted by Gasteiger charge is -2.32. The Balaban J connectivity index is 0.00000289. The van der Waals surface area contributed by atoms with Crippen LogP contribution in [0.15, 0.2) is 42.7 Å². The molecule has 32 heavy (non-hydrogen) atoms. The molecular weight excluding hydrogens is 426 g/mol. The van der Waals surface area contributed by atoms with Crippen LogP contribution in [0.2, 0.25) is 0 Å². The Morgan fingerprint density at radius 1 is 1.25 bits per heavy atom. The fourth-order valence-corrected chi connectivity index (χ4v) is 3.54. The first-order chi connectivity index (χ1) is 14.8. The number of morpholine rings is 1. The molecule has 0 radical (unpaired) electrons. The van der Waals surface area contributed by atoms with E-state index >= 15 is 0 Å². The molecule has 2 N–H and O–H groups in total. The van der Waals surface area contributed by atoms with Crippen LogP contribution in [0.25, 0.3) is 22.3 Å². The molecule has 3 heterocycles. The third-order valence-corrected chi connectivity index (χ3v) is 5.34. The lowest BCUT2D eigenvalue weighted by atomic mass is 9.94. The van der Waals surface area contributed by atoms with Gasteiger partial charge in [-0.15, -0.1) is 0 Å². The second kappa shape index (κ2) is 9.81. The molecule has 1 saturated heterocycles. The molecule has 1 atom stereocenters. The van der Waals surface area contributed by atoms with Crippen molar-refractivity contribution < 1.29 is 14.3 Å². The van der Waals surface area contributed by atoms with Gasteiger partial charge in [0.15, 0.2) is 5.52 Å². The second-order valence-corrected chi connectivity index (χ2v) is 8.30. The van der Waals surface area contributed by atoms with Gasteiger partial charge in [-0.2, -0.15) is 13.5 Å². The van der Waals surface area contributed by atoms with Crippen LogP contribution < -0.4 is 10.5 Å². The van der Waals surface area contributed by atoms with Crippen molar-refractivity contribution in [3.05, 3.63) is 48.3 Å². The van der Waals surface area contributed by atoms with E-state index in [9.17, 15) is 4.79 Å². The first-order valence-corrected chi connectivity index (χ1v) is 10.3. The van der Waals surface area contributed by atoms with Crippen molar-refractivity contribution in [3.63, 3.8) is 0 Å². The van der Waals surface area contributed by atoms with Crippen LogP contribution >= 0.6 is 13.5 Å². The minimum atomic E-state index is -0.414. The molecule has 0 spiro atoms. The number of carbonyl (C=O) groups is 1. The second-order valence-electron chi connectivity index (χ2n) is 8.30. The summed E-state index contributed by atoms with van der Waals surface area (Å²) < 4.78 is 11.8. The van der Waals surface area contributed by atoms with Crippen LogP contribution in [-0.2, 0) is 15.1 Å². The summed E-state index contributed by atoms with van der Waals surface area (Å²) in [6.45, 7) is 7.36. The number of hydrogen-bond donors (Lipinski definition) is 1. The number of benzene rings is 1. The highest BCUT2D eigenvalue weighted by molar-refractivity contribution is 7.59. The van der Waals surface area contributed by atoms with E-state index in [-0.39, 0.29) is 32.1 Å². The lowest BCUT2D eigenvalue weighted by molar-refractivity contribution is -0.137. The van der Waals surface area contributed by atoms with Crippen molar-refractivity contribution in [2.45, 2.75) is 32.4 Å². The Labute approximate surface area is 194 Å². The average molecular weight is 456 g/mol. The highest BCUT2D eigenvalue weighted by atomic mass is 32.1. The zero-order chi connectivity index (χ0) is 22.0. The molecule has 0 aliphatic carbocycles. The van der Waals surface area contributed by atoms with Gasteiger partial charge in [-0.1, -0.05) is 24.3 Å². The van der Waals surface area contributed by atoms with E-state index < -0.39 is 5.54 Å². The van der Waals surface area contributed by atoms with Gasteiger partial charge in [0, 0.05) is 37.0 Å². The summed E-state index contributed by atoms with van der Waals surface area (Å²) >= 11 is 0. The van der Waals surface area contributed by atoms with E-state index in [2.05, 4.69) is 9.97 Å². The molecule has 0 unspecified atom stereocenters. The molecule has 1 fully saturated rings. The van der Waals surface area contributed by atoms with Crippen LogP contribution in [0.1, 0.15) is 26.3 Å². The number of nitrogens with zero attached hydrogens (tertiary/aromatic N) is 4. The van der Waals surface area contributed by atoms with Crippen LogP contribution in [0.4, 0.5) is 0 Å². The monoisotopic (exact) mass is 455 g/mol. The molecule has 0 saturated carbocycles. The number of pyridine rings is 1. The predicted octanol–water partition coefficient (Wildman–Crippen LogP) is 2.62. The van der Waals surface area contributed by atoms with Crippen LogP contribution in [0.3, 0.4) is 0 Å². The summed E-state index contributed by atoms with van der Waals surface area (Å²) in [5, 5.41) is 0. The van der Waals surface area contributed by atoms with E-state index in [4.69, 9.17) is 20.2 Å². The lowest BCUT2D eigenvalue weighted by Crippen LogP contribution is -2.46. The summed E-state index contributed by atoms with van der Waals surface area (Å²) in [6, 6.07) is 9.89. The number of amides is 1. The normalized spacial score (nSPS) is 16.5. The minimum absolute atomic E-state index is 0. The average Bonchev–Trinajstić information content (AvgIpc) is 2.77. The standard InChI is InChI=1S/C23H27N5O3.H2S/c1-15(29)28-10-11-30-18(13-28)14-31-22-21-20(25-8-9-26-21)12-19(27-22)16-4-6-17(7-5-16)23(2,3)24;/h4-9,12,18H,10-11,13-14,24H2,1-3H3;1H2/t18-;/m0./s1. The van der Waals surface area contributed by atoms with Gasteiger partial charge in [-0.25, -0.2) is 9.97 Å². The van der Waals surface area contributed by atoms with Crippen molar-refractivity contribution in [3.8, 4) is 17.1 Å². The van der Waals surface area contributed by atoms with Crippen molar-refractivity contribution in [1.29, 1.82) is 0 Å². The Morgan fingerprint density at radius 2 is 1.97 bits per heavy atom. The van der Waals surface area contributed by atoms with E-state index in [1.165, 1.54) is 0 Å². The van der Waals surface area contributed by atoms with E-state index in [1.807, 2.05) is 44.2 Å². The topological polar surface area (TPSA) is 103 Å². The first-order valence-electron chi connectivity index (χ1n) is 10.3. The number of aromatic nitrogens is 3. The third kappa shape index (κ3) is 5.35. The molecule has 1 amide bonds. The summed E-state index contributed by atoms with van der Waals surface area (Å²) in [6.07, 6.45) is 3.04. The Hall–Kier alpha value is -2.75. The van der Waals surface area contributed by atoms with Crippen LogP contribution in [0, 0.1) is 0 Å². The van der Waals surface area contributed by atoms with Crippen molar-refractivity contribution >= 4 is 30.4 Å². The highest BCUT2D eigenvalue weighted by Crippen LogP contribution is 2.28. The van der Waals surface area contributed by atoms with Gasteiger partial charge in [-0.05, 0) is 25.5 Å². The van der Waals surface area contributed by atoms with E-state index in [0.717, 1.165) is 16.8 Å². The van der Waals surface area contributed by atoms with Crippen molar-refractivity contribution in [1.82, 2.24) is 19.9 Å². The number of fused-ring (bicyclic) bond motifs is 1. The molecule has 170 valence electrons. The van der Waals surface area contributed by atoms with Gasteiger partial charge in [0.25, 0.3) is 0 Å². The highest BCUT2D eigenvalue weighted by Gasteiger charge is 2.23. The van der Waals surface area contributed by atoms with E-state index in [1.54, 1.807) is 24.2 Å². The van der Waals surface area contributed by atoms with Crippen LogP contribution in [-0.4, -0.2) is 58.2 Å². The Kier molecular flexibility index (Phi) is 7.33. The number of rotatable bonds is 5.